The second-order valence-electron chi connectivity index (χ2n) is 13.3. The quantitative estimate of drug-likeness (QED) is 0.109. The van der Waals surface area contributed by atoms with Crippen molar-refractivity contribution in [3.63, 3.8) is 0 Å². The maximum absolute atomic E-state index is 14.3. The first-order valence-corrected chi connectivity index (χ1v) is 19.9. The van der Waals surface area contributed by atoms with Gasteiger partial charge in [0.1, 0.15) is 23.9 Å². The molecule has 0 saturated carbocycles. The Balaban J connectivity index is 1.10. The third-order valence-corrected chi connectivity index (χ3v) is 12.3. The molecule has 0 radical (unpaired) electrons. The molecule has 3 aromatic carbocycles. The molecule has 2 aromatic heterocycles. The topological polar surface area (TPSA) is 180 Å². The second-order valence-corrected chi connectivity index (χ2v) is 16.1. The summed E-state index contributed by atoms with van der Waals surface area (Å²) in [7, 11) is -4.19. The Morgan fingerprint density at radius 1 is 1.00 bits per heavy atom. The van der Waals surface area contributed by atoms with Gasteiger partial charge in [-0.2, -0.15) is 8.42 Å². The number of anilines is 2. The molecule has 0 bridgehead atoms. The van der Waals surface area contributed by atoms with Crippen molar-refractivity contribution >= 4 is 60.5 Å². The first-order valence-electron chi connectivity index (χ1n) is 17.7. The highest BCUT2D eigenvalue weighted by atomic mass is 32.2. The van der Waals surface area contributed by atoms with Crippen molar-refractivity contribution in [1.82, 2.24) is 15.2 Å². The van der Waals surface area contributed by atoms with Gasteiger partial charge in [0.2, 0.25) is 11.9 Å². The molecule has 1 fully saturated rings. The zero-order valence-electron chi connectivity index (χ0n) is 30.6. The van der Waals surface area contributed by atoms with Crippen molar-refractivity contribution in [2.24, 2.45) is 0 Å². The summed E-state index contributed by atoms with van der Waals surface area (Å²) < 4.78 is 41.8. The lowest BCUT2D eigenvalue weighted by Gasteiger charge is -2.24. The van der Waals surface area contributed by atoms with Crippen LogP contribution in [0.3, 0.4) is 0 Å². The highest BCUT2D eigenvalue weighted by molar-refractivity contribution is 7.85. The van der Waals surface area contributed by atoms with Crippen LogP contribution in [0, 0.1) is 20.8 Å². The van der Waals surface area contributed by atoms with Crippen LogP contribution in [-0.4, -0.2) is 85.8 Å². The van der Waals surface area contributed by atoms with Crippen LogP contribution in [0.25, 0.3) is 10.2 Å². The maximum atomic E-state index is 14.3. The number of carbonyl (C=O) groups excluding carboxylic acids is 2. The predicted octanol–water partition coefficient (Wildman–Crippen LogP) is 4.64. The van der Waals surface area contributed by atoms with Crippen LogP contribution in [-0.2, 0) is 35.7 Å². The van der Waals surface area contributed by atoms with E-state index in [-0.39, 0.29) is 35.8 Å². The minimum absolute atomic E-state index is 0.0778. The van der Waals surface area contributed by atoms with Gasteiger partial charge >= 0.3 is 27.2 Å². The van der Waals surface area contributed by atoms with Gasteiger partial charge in [-0.1, -0.05) is 66.2 Å². The molecule has 16 heteroatoms. The molecular formula is C39H43N6O8S2+. The number of nitrogens with zero attached hydrogens (tertiary/aromatic N) is 3. The monoisotopic (exact) mass is 787 g/mol. The van der Waals surface area contributed by atoms with E-state index in [1.165, 1.54) is 0 Å². The second kappa shape index (κ2) is 17.3. The number of hydrogen-bond donors (Lipinski definition) is 4. The van der Waals surface area contributed by atoms with E-state index >= 15 is 0 Å². The van der Waals surface area contributed by atoms with E-state index in [4.69, 9.17) is 9.47 Å². The average molecular weight is 788 g/mol. The highest BCUT2D eigenvalue weighted by Gasteiger charge is 2.38. The smallest absolute Gasteiger partial charge is 0.410 e. The number of benzene rings is 3. The van der Waals surface area contributed by atoms with E-state index < -0.39 is 46.7 Å². The molecular weight excluding hydrogens is 745 g/mol. The van der Waals surface area contributed by atoms with Crippen LogP contribution < -0.4 is 19.9 Å². The van der Waals surface area contributed by atoms with Crippen molar-refractivity contribution < 1.29 is 41.4 Å². The number of amides is 2. The summed E-state index contributed by atoms with van der Waals surface area (Å²) in [6.07, 6.45) is 1.05. The number of ether oxygens (including phenoxy) is 2. The predicted molar refractivity (Wildman–Crippen MR) is 208 cm³/mol. The van der Waals surface area contributed by atoms with Crippen LogP contribution in [0.15, 0.2) is 96.0 Å². The summed E-state index contributed by atoms with van der Waals surface area (Å²) in [4.78, 5) is 44.7. The van der Waals surface area contributed by atoms with E-state index in [1.807, 2.05) is 49.4 Å². The van der Waals surface area contributed by atoms with Gasteiger partial charge in [-0.05, 0) is 79.5 Å². The number of fused-ring (bicyclic) bond motifs is 1. The van der Waals surface area contributed by atoms with Gasteiger partial charge in [-0.25, -0.2) is 19.9 Å². The molecule has 55 heavy (non-hydrogen) atoms. The van der Waals surface area contributed by atoms with Crippen molar-refractivity contribution in [3.05, 3.63) is 113 Å². The molecule has 1 aliphatic rings. The van der Waals surface area contributed by atoms with Crippen molar-refractivity contribution in [2.45, 2.75) is 56.9 Å². The Kier molecular flexibility index (Phi) is 12.3. The first-order chi connectivity index (χ1) is 26.4. The lowest BCUT2D eigenvalue weighted by atomic mass is 10.1. The van der Waals surface area contributed by atoms with E-state index in [0.717, 1.165) is 26.4 Å². The van der Waals surface area contributed by atoms with Gasteiger partial charge in [0, 0.05) is 12.7 Å². The fourth-order valence-corrected chi connectivity index (χ4v) is 9.94. The van der Waals surface area contributed by atoms with E-state index in [1.54, 1.807) is 67.4 Å². The lowest BCUT2D eigenvalue weighted by Crippen LogP contribution is -2.49. The van der Waals surface area contributed by atoms with Crippen LogP contribution in [0.2, 0.25) is 0 Å². The van der Waals surface area contributed by atoms with Gasteiger partial charge in [0.15, 0.2) is 5.52 Å². The molecule has 1 aliphatic heterocycles. The summed E-state index contributed by atoms with van der Waals surface area (Å²) in [5, 5.41) is 18.9. The average Bonchev–Trinajstić information content (AvgIpc) is 3.75. The molecule has 3 heterocycles. The molecule has 5 aromatic rings. The Morgan fingerprint density at radius 2 is 1.71 bits per heavy atom. The van der Waals surface area contributed by atoms with E-state index in [2.05, 4.69) is 20.9 Å². The lowest BCUT2D eigenvalue weighted by molar-refractivity contribution is -0.460. The zero-order chi connectivity index (χ0) is 39.1. The Labute approximate surface area is 323 Å². The number of para-hydroxylation sites is 1. The number of nitrogens with one attached hydrogen (secondary N) is 3. The van der Waals surface area contributed by atoms with Crippen LogP contribution in [0.4, 0.5) is 15.7 Å². The summed E-state index contributed by atoms with van der Waals surface area (Å²) in [5.74, 6) is -1.23. The molecule has 288 valence electrons. The highest BCUT2D eigenvalue weighted by Crippen LogP contribution is 2.30. The summed E-state index contributed by atoms with van der Waals surface area (Å²) in [6.45, 7) is 5.23. The summed E-state index contributed by atoms with van der Waals surface area (Å²) >= 11 is 1.10. The van der Waals surface area contributed by atoms with Crippen molar-refractivity contribution in [1.29, 1.82) is 0 Å². The van der Waals surface area contributed by atoms with Crippen molar-refractivity contribution in [3.8, 4) is 0 Å². The molecule has 2 unspecified atom stereocenters. The van der Waals surface area contributed by atoms with Crippen LogP contribution in [0.5, 0.6) is 0 Å². The third kappa shape index (κ3) is 9.39. The zero-order valence-corrected chi connectivity index (χ0v) is 32.2. The SMILES string of the molecule is Cc1cc(C)c(S(=O)(=O)[n+]2c(N[C@@H](CNC(=O)COC3CC(CNc4ccccn4)N(C(=O)OCc4ccccc4)C3)C(=O)O)sc3ccccc32)c(C)c1. The van der Waals surface area contributed by atoms with Gasteiger partial charge in [0.25, 0.3) is 0 Å². The van der Waals surface area contributed by atoms with Crippen LogP contribution >= 0.6 is 11.3 Å². The largest absolute Gasteiger partial charge is 0.478 e. The number of aryl methyl sites for hydroxylation is 3. The third-order valence-electron chi connectivity index (χ3n) is 9.13. The molecule has 6 rings (SSSR count). The maximum Gasteiger partial charge on any atom is 0.410 e. The van der Waals surface area contributed by atoms with Crippen LogP contribution in [0.1, 0.15) is 28.7 Å². The number of thiazole rings is 1. The number of aromatic nitrogens is 2. The minimum atomic E-state index is -4.19. The number of carboxylic acid groups (broad SMARTS) is 1. The van der Waals surface area contributed by atoms with E-state index in [9.17, 15) is 27.9 Å². The summed E-state index contributed by atoms with van der Waals surface area (Å²) in [6, 6.07) is 23.6. The Hall–Kier alpha value is -5.58. The molecule has 1 saturated heterocycles. The number of pyridine rings is 1. The number of rotatable bonds is 15. The van der Waals surface area contributed by atoms with Gasteiger partial charge in [0.05, 0.1) is 29.9 Å². The van der Waals surface area contributed by atoms with Crippen molar-refractivity contribution in [2.75, 3.05) is 36.9 Å². The number of likely N-dealkylation sites (tertiary alicyclic amines) is 1. The fourth-order valence-electron chi connectivity index (χ4n) is 6.67. The fraction of sp³-hybridized carbons (Fsp3) is 0.308. The van der Waals surface area contributed by atoms with E-state index in [0.29, 0.717) is 40.1 Å². The molecule has 3 atom stereocenters. The molecule has 4 N–H and O–H groups in total. The van der Waals surface area contributed by atoms with Gasteiger partial charge in [-0.15, -0.1) is 3.97 Å². The Bertz CT molecular complexity index is 2250. The molecule has 2 amide bonds. The normalized spacial score (nSPS) is 16.1. The number of carbonyl (C=O) groups is 3. The minimum Gasteiger partial charge on any atom is -0.478 e. The van der Waals surface area contributed by atoms with Gasteiger partial charge in [-0.3, -0.25) is 4.79 Å². The molecule has 14 nitrogen and oxygen atoms in total. The Morgan fingerprint density at radius 3 is 2.42 bits per heavy atom. The van der Waals surface area contributed by atoms with Gasteiger partial charge < -0.3 is 30.1 Å². The summed E-state index contributed by atoms with van der Waals surface area (Å²) in [5.41, 5.74) is 3.29. The number of hydrogen-bond acceptors (Lipinski definition) is 11. The molecule has 0 spiro atoms. The first kappa shape index (κ1) is 39.1. The standard InChI is InChI=1S/C39H42N6O8S2/c1-25-17-26(2)36(27(3)18-25)55(50,51)45-32-13-7-8-14-33(32)54-38(45)43-31(37(47)48)21-42-35(46)24-52-30-19-29(20-41-34-15-9-10-16-40-34)44(22-30)39(49)53-23-28-11-5-4-6-12-28/h4-18,29-31H,19-24H2,1-3H3,(H3,40,41,42,46,47,48)/p+1/t29?,30?,31-/m0/s1. The molecule has 0 aliphatic carbocycles. The number of aliphatic carboxylic acids is 1. The number of carboxylic acids is 1.